The Hall–Kier alpha value is -11.6. The Balaban J connectivity index is 0.991. The second-order valence-electron chi connectivity index (χ2n) is 21.6. The first kappa shape index (κ1) is 47.2. The van der Waals surface area contributed by atoms with Gasteiger partial charge in [-0.2, -0.15) is 5.26 Å². The van der Waals surface area contributed by atoms with Gasteiger partial charge < -0.3 is 18.3 Å². The zero-order chi connectivity index (χ0) is 55.4. The highest BCUT2D eigenvalue weighted by Crippen LogP contribution is 2.48. The monoisotopic (exact) mass is 1070 g/mol. The van der Waals surface area contributed by atoms with Gasteiger partial charge in [-0.15, -0.1) is 0 Å². The molecule has 390 valence electrons. The molecule has 5 aromatic heterocycles. The summed E-state index contributed by atoms with van der Waals surface area (Å²) in [6.07, 6.45) is 0. The van der Waals surface area contributed by atoms with Gasteiger partial charge in [-0.05, 0) is 115 Å². The number of hydrogen-bond donors (Lipinski definition) is 0. The van der Waals surface area contributed by atoms with Crippen LogP contribution in [0.4, 0.5) is 0 Å². The topological polar surface area (TPSA) is 69.3 Å². The number of fused-ring (bicyclic) bond motifs is 14. The standard InChI is InChI=1S/C77H47N7/c78-48-49-37-39-67(83-65-35-19-15-31-57(65)75-71(83)43-41-69-73(75)55-29-13-17-33-63(55)81(69)53-25-9-3-10-26-53)59(45-49)60-46-52(77-79-61(50-21-5-1-6-22-50)47-62(80-77)51-23-7-2-8-24-51)38-40-68(60)84-66-36-20-16-32-58(66)76-72(84)44-42-70-74(76)56-30-14-18-34-64(56)82(70)54-27-11-4-12-28-54/h1-47H. The molecule has 0 amide bonds. The average molecular weight is 1070 g/mol. The minimum absolute atomic E-state index is 0.547. The Morgan fingerprint density at radius 2 is 0.619 bits per heavy atom. The summed E-state index contributed by atoms with van der Waals surface area (Å²) >= 11 is 0. The van der Waals surface area contributed by atoms with Crippen molar-refractivity contribution in [1.29, 1.82) is 5.26 Å². The molecule has 17 aromatic rings. The molecule has 0 unspecified atom stereocenters. The van der Waals surface area contributed by atoms with Crippen molar-refractivity contribution >= 4 is 87.2 Å². The van der Waals surface area contributed by atoms with E-state index in [4.69, 9.17) is 9.97 Å². The maximum Gasteiger partial charge on any atom is 0.160 e. The van der Waals surface area contributed by atoms with Gasteiger partial charge in [-0.3, -0.25) is 0 Å². The van der Waals surface area contributed by atoms with Gasteiger partial charge in [0.15, 0.2) is 5.82 Å². The van der Waals surface area contributed by atoms with E-state index in [1.54, 1.807) is 0 Å². The van der Waals surface area contributed by atoms with E-state index < -0.39 is 0 Å². The van der Waals surface area contributed by atoms with Crippen LogP contribution in [-0.2, 0) is 0 Å². The van der Waals surface area contributed by atoms with E-state index in [0.717, 1.165) is 117 Å². The van der Waals surface area contributed by atoms with Crippen LogP contribution >= 0.6 is 0 Å². The molecule has 0 fully saturated rings. The van der Waals surface area contributed by atoms with Crippen LogP contribution in [0.5, 0.6) is 0 Å². The summed E-state index contributed by atoms with van der Waals surface area (Å²) in [6.45, 7) is 0. The maximum absolute atomic E-state index is 11.0. The maximum atomic E-state index is 11.0. The molecule has 7 nitrogen and oxygen atoms in total. The fourth-order valence-electron chi connectivity index (χ4n) is 13.5. The summed E-state index contributed by atoms with van der Waals surface area (Å²) in [5.41, 5.74) is 19.7. The first-order valence-electron chi connectivity index (χ1n) is 28.4. The van der Waals surface area contributed by atoms with Crippen LogP contribution in [0.1, 0.15) is 5.56 Å². The molecule has 7 heteroatoms. The highest BCUT2D eigenvalue weighted by atomic mass is 15.0. The second kappa shape index (κ2) is 18.7. The zero-order valence-electron chi connectivity index (χ0n) is 45.3. The fourth-order valence-corrected chi connectivity index (χ4v) is 13.5. The van der Waals surface area contributed by atoms with E-state index >= 15 is 0 Å². The fraction of sp³-hybridized carbons (Fsp3) is 0. The summed E-state index contributed by atoms with van der Waals surface area (Å²) in [4.78, 5) is 10.8. The average Bonchev–Trinajstić information content (AvgIpc) is 1.97. The Morgan fingerprint density at radius 3 is 1.04 bits per heavy atom. The Labute approximate surface area is 482 Å². The Kier molecular flexibility index (Phi) is 10.5. The first-order chi connectivity index (χ1) is 41.7. The van der Waals surface area contributed by atoms with Crippen LogP contribution in [0.2, 0.25) is 0 Å². The highest BCUT2D eigenvalue weighted by Gasteiger charge is 2.27. The second-order valence-corrected chi connectivity index (χ2v) is 21.6. The van der Waals surface area contributed by atoms with Crippen molar-refractivity contribution in [3.63, 3.8) is 0 Å². The lowest BCUT2D eigenvalue weighted by Gasteiger charge is -2.20. The quantitative estimate of drug-likeness (QED) is 0.152. The van der Waals surface area contributed by atoms with Crippen molar-refractivity contribution in [2.45, 2.75) is 0 Å². The predicted molar refractivity (Wildman–Crippen MR) is 346 cm³/mol. The molecule has 0 radical (unpaired) electrons. The molecule has 0 aliphatic rings. The lowest BCUT2D eigenvalue weighted by atomic mass is 9.96. The number of hydrogen-bond acceptors (Lipinski definition) is 3. The molecule has 84 heavy (non-hydrogen) atoms. The molecule has 0 saturated heterocycles. The molecule has 0 spiro atoms. The summed E-state index contributed by atoms with van der Waals surface area (Å²) < 4.78 is 9.63. The van der Waals surface area contributed by atoms with Gasteiger partial charge in [0.25, 0.3) is 0 Å². The zero-order valence-corrected chi connectivity index (χ0v) is 45.3. The summed E-state index contributed by atoms with van der Waals surface area (Å²) in [6, 6.07) is 104. The van der Waals surface area contributed by atoms with E-state index in [0.29, 0.717) is 11.4 Å². The van der Waals surface area contributed by atoms with Crippen LogP contribution in [-0.4, -0.2) is 28.2 Å². The van der Waals surface area contributed by atoms with Crippen molar-refractivity contribution in [3.05, 3.63) is 291 Å². The van der Waals surface area contributed by atoms with E-state index in [9.17, 15) is 5.26 Å². The summed E-state index contributed by atoms with van der Waals surface area (Å²) in [5, 5.41) is 20.4. The number of aromatic nitrogens is 6. The van der Waals surface area contributed by atoms with Crippen LogP contribution in [0.3, 0.4) is 0 Å². The van der Waals surface area contributed by atoms with Gasteiger partial charge in [0.2, 0.25) is 0 Å². The third kappa shape index (κ3) is 7.11. The summed E-state index contributed by atoms with van der Waals surface area (Å²) in [7, 11) is 0. The van der Waals surface area contributed by atoms with Gasteiger partial charge in [0.1, 0.15) is 0 Å². The summed E-state index contributed by atoms with van der Waals surface area (Å²) in [5.74, 6) is 0.590. The SMILES string of the molecule is N#Cc1ccc(-n2c3ccccc3c3c4c5ccccc5n(-c5ccccc5)c4ccc32)c(-c2cc(-c3nc(-c4ccccc4)cc(-c4ccccc4)n3)ccc2-n2c3ccccc3c3c4c5ccccc5n(-c5ccccc5)c4ccc32)c1. The normalized spacial score (nSPS) is 11.8. The van der Waals surface area contributed by atoms with Crippen molar-refractivity contribution in [2.75, 3.05) is 0 Å². The van der Waals surface area contributed by atoms with Crippen molar-refractivity contribution in [1.82, 2.24) is 28.2 Å². The van der Waals surface area contributed by atoms with E-state index in [1.165, 1.54) is 32.3 Å². The van der Waals surface area contributed by atoms with Crippen molar-refractivity contribution in [2.24, 2.45) is 0 Å². The Morgan fingerprint density at radius 1 is 0.274 bits per heavy atom. The molecule has 0 aliphatic carbocycles. The minimum Gasteiger partial charge on any atom is -0.309 e. The van der Waals surface area contributed by atoms with Gasteiger partial charge in [0.05, 0.1) is 78.5 Å². The lowest BCUT2D eigenvalue weighted by molar-refractivity contribution is 1.15. The highest BCUT2D eigenvalue weighted by molar-refractivity contribution is 6.30. The molecular formula is C77H47N7. The largest absolute Gasteiger partial charge is 0.309 e. The number of nitriles is 1. The molecule has 0 N–H and O–H groups in total. The van der Waals surface area contributed by atoms with Gasteiger partial charge in [-0.25, -0.2) is 9.97 Å². The minimum atomic E-state index is 0.547. The van der Waals surface area contributed by atoms with E-state index in [1.807, 2.05) is 18.2 Å². The van der Waals surface area contributed by atoms with Gasteiger partial charge in [-0.1, -0.05) is 170 Å². The van der Waals surface area contributed by atoms with Gasteiger partial charge >= 0.3 is 0 Å². The van der Waals surface area contributed by atoms with Crippen LogP contribution in [0, 0.1) is 11.3 Å². The molecule has 0 saturated carbocycles. The number of para-hydroxylation sites is 6. The van der Waals surface area contributed by atoms with E-state index in [-0.39, 0.29) is 0 Å². The Bertz CT molecular complexity index is 5490. The molecule has 0 bridgehead atoms. The number of nitrogens with zero attached hydrogens (tertiary/aromatic N) is 7. The molecule has 0 atom stereocenters. The van der Waals surface area contributed by atoms with Crippen LogP contribution in [0.25, 0.3) is 155 Å². The van der Waals surface area contributed by atoms with Crippen molar-refractivity contribution in [3.8, 4) is 73.8 Å². The number of rotatable bonds is 8. The smallest absolute Gasteiger partial charge is 0.160 e. The predicted octanol–water partition coefficient (Wildman–Crippen LogP) is 19.4. The molecule has 12 aromatic carbocycles. The molecule has 5 heterocycles. The third-order valence-electron chi connectivity index (χ3n) is 17.0. The van der Waals surface area contributed by atoms with E-state index in [2.05, 4.69) is 291 Å². The number of benzene rings is 12. The lowest BCUT2D eigenvalue weighted by Crippen LogP contribution is -2.03. The first-order valence-corrected chi connectivity index (χ1v) is 28.4. The van der Waals surface area contributed by atoms with Crippen molar-refractivity contribution < 1.29 is 0 Å². The van der Waals surface area contributed by atoms with Crippen LogP contribution in [0.15, 0.2) is 285 Å². The molecular weight excluding hydrogens is 1020 g/mol. The van der Waals surface area contributed by atoms with Gasteiger partial charge in [0, 0.05) is 82.3 Å². The molecule has 17 rings (SSSR count). The molecule has 0 aliphatic heterocycles. The third-order valence-corrected chi connectivity index (χ3v) is 17.0. The van der Waals surface area contributed by atoms with Crippen LogP contribution < -0.4 is 0 Å².